The van der Waals surface area contributed by atoms with Crippen molar-refractivity contribution in [2.45, 2.75) is 32.4 Å². The van der Waals surface area contributed by atoms with E-state index in [9.17, 15) is 0 Å². The molecular weight excluding hydrogens is 346 g/mol. The second-order valence-corrected chi connectivity index (χ2v) is 13.0. The predicted octanol–water partition coefficient (Wildman–Crippen LogP) is 3.40. The topological polar surface area (TPSA) is 88.1 Å². The van der Waals surface area contributed by atoms with Crippen molar-refractivity contribution in [1.82, 2.24) is 19.7 Å². The van der Waals surface area contributed by atoms with Gasteiger partial charge in [0.05, 0.1) is 7.11 Å². The fourth-order valence-electron chi connectivity index (χ4n) is 2.64. The third-order valence-corrected chi connectivity index (χ3v) is 5.76. The van der Waals surface area contributed by atoms with Gasteiger partial charge in [0.25, 0.3) is 0 Å². The molecule has 0 fully saturated rings. The van der Waals surface area contributed by atoms with Crippen molar-refractivity contribution in [3.8, 4) is 17.1 Å². The van der Waals surface area contributed by atoms with Gasteiger partial charge in [0.1, 0.15) is 24.1 Å². The number of ether oxygens (including phenoxy) is 2. The number of nitrogens with two attached hydrogens (primary N) is 1. The quantitative estimate of drug-likeness (QED) is 0.389. The number of methoxy groups -OCH3 is 1. The van der Waals surface area contributed by atoms with Crippen molar-refractivity contribution in [3.63, 3.8) is 0 Å². The average Bonchev–Trinajstić information content (AvgIpc) is 2.97. The van der Waals surface area contributed by atoms with Gasteiger partial charge < -0.3 is 15.2 Å². The maximum Gasteiger partial charge on any atom is 0.228 e. The van der Waals surface area contributed by atoms with Crippen LogP contribution in [0.3, 0.4) is 0 Å². The molecule has 7 nitrogen and oxygen atoms in total. The lowest BCUT2D eigenvalue weighted by atomic mass is 10.1. The number of hydrogen-bond acceptors (Lipinski definition) is 6. The molecule has 0 saturated carbocycles. The lowest BCUT2D eigenvalue weighted by Crippen LogP contribution is -2.22. The molecule has 3 rings (SSSR count). The van der Waals surface area contributed by atoms with Crippen LogP contribution in [0.25, 0.3) is 22.3 Å². The average molecular weight is 372 g/mol. The summed E-state index contributed by atoms with van der Waals surface area (Å²) in [5.74, 6) is 0.487. The maximum absolute atomic E-state index is 5.94. The largest absolute Gasteiger partial charge is 0.480 e. The van der Waals surface area contributed by atoms with Crippen LogP contribution >= 0.6 is 0 Å². The highest BCUT2D eigenvalue weighted by Crippen LogP contribution is 2.33. The van der Waals surface area contributed by atoms with E-state index in [1.165, 1.54) is 6.33 Å². The first-order chi connectivity index (χ1) is 12.4. The first-order valence-electron chi connectivity index (χ1n) is 8.58. The Morgan fingerprint density at radius 1 is 1.19 bits per heavy atom. The Balaban J connectivity index is 1.97. The van der Waals surface area contributed by atoms with Gasteiger partial charge in [0.2, 0.25) is 5.88 Å². The molecular formula is C18H25N5O2Si. The molecule has 1 aromatic carbocycles. The molecule has 0 saturated heterocycles. The van der Waals surface area contributed by atoms with Gasteiger partial charge in [-0.05, 0) is 18.2 Å². The second-order valence-electron chi connectivity index (χ2n) is 7.40. The minimum absolute atomic E-state index is 0.337. The van der Waals surface area contributed by atoms with Gasteiger partial charge in [-0.1, -0.05) is 31.8 Å². The highest BCUT2D eigenvalue weighted by molar-refractivity contribution is 6.76. The molecule has 0 bridgehead atoms. The summed E-state index contributed by atoms with van der Waals surface area (Å²) in [4.78, 5) is 8.62. The van der Waals surface area contributed by atoms with Crippen LogP contribution in [0.2, 0.25) is 25.7 Å². The fraction of sp³-hybridized carbons (Fsp3) is 0.389. The molecule has 0 unspecified atom stereocenters. The Bertz CT molecular complexity index is 904. The van der Waals surface area contributed by atoms with Crippen molar-refractivity contribution in [3.05, 3.63) is 30.6 Å². The molecule has 0 spiro atoms. The van der Waals surface area contributed by atoms with Crippen LogP contribution in [0.15, 0.2) is 30.6 Å². The molecule has 2 aromatic heterocycles. The zero-order valence-electron chi connectivity index (χ0n) is 15.7. The van der Waals surface area contributed by atoms with Crippen LogP contribution in [0, 0.1) is 0 Å². The SMILES string of the molecule is COc1ncnc2c1c(-c1cccc(N)c1)nn2COCC[Si](C)(C)C. The van der Waals surface area contributed by atoms with E-state index in [1.54, 1.807) is 11.8 Å². The Morgan fingerprint density at radius 2 is 2.00 bits per heavy atom. The lowest BCUT2D eigenvalue weighted by molar-refractivity contribution is 0.0814. The summed E-state index contributed by atoms with van der Waals surface area (Å²) >= 11 is 0. The van der Waals surface area contributed by atoms with Gasteiger partial charge in [-0.25, -0.2) is 14.6 Å². The van der Waals surface area contributed by atoms with Crippen LogP contribution in [-0.4, -0.2) is 41.5 Å². The summed E-state index contributed by atoms with van der Waals surface area (Å²) < 4.78 is 13.0. The first-order valence-corrected chi connectivity index (χ1v) is 12.3. The molecule has 26 heavy (non-hydrogen) atoms. The molecule has 0 aliphatic rings. The number of benzene rings is 1. The van der Waals surface area contributed by atoms with Crippen molar-refractivity contribution in [1.29, 1.82) is 0 Å². The Kier molecular flexibility index (Phi) is 5.24. The zero-order chi connectivity index (χ0) is 18.7. The molecule has 0 radical (unpaired) electrons. The number of rotatable bonds is 7. The number of fused-ring (bicyclic) bond motifs is 1. The highest BCUT2D eigenvalue weighted by atomic mass is 28.3. The van der Waals surface area contributed by atoms with Crippen LogP contribution < -0.4 is 10.5 Å². The first kappa shape index (κ1) is 18.3. The van der Waals surface area contributed by atoms with Crippen molar-refractivity contribution < 1.29 is 9.47 Å². The van der Waals surface area contributed by atoms with Gasteiger partial charge in [-0.2, -0.15) is 5.10 Å². The Labute approximate surface area is 154 Å². The van der Waals surface area contributed by atoms with E-state index in [2.05, 4.69) is 29.6 Å². The minimum atomic E-state index is -1.13. The van der Waals surface area contributed by atoms with Crippen molar-refractivity contribution in [2.75, 3.05) is 19.5 Å². The molecule has 0 atom stereocenters. The van der Waals surface area contributed by atoms with Gasteiger partial charge in [-0.3, -0.25) is 0 Å². The van der Waals surface area contributed by atoms with Crippen molar-refractivity contribution in [2.24, 2.45) is 0 Å². The zero-order valence-corrected chi connectivity index (χ0v) is 16.7. The summed E-state index contributed by atoms with van der Waals surface area (Å²) in [6, 6.07) is 8.68. The van der Waals surface area contributed by atoms with Crippen molar-refractivity contribution >= 4 is 24.8 Å². The number of nitrogen functional groups attached to an aromatic ring is 1. The maximum atomic E-state index is 5.94. The number of hydrogen-bond donors (Lipinski definition) is 1. The summed E-state index contributed by atoms with van der Waals surface area (Å²) in [5.41, 5.74) is 8.92. The molecule has 0 amide bonds. The summed E-state index contributed by atoms with van der Waals surface area (Å²) in [7, 11) is 0.458. The van der Waals surface area contributed by atoms with Gasteiger partial charge in [-0.15, -0.1) is 0 Å². The third-order valence-electron chi connectivity index (χ3n) is 4.06. The monoisotopic (exact) mass is 371 g/mol. The van der Waals surface area contributed by atoms with E-state index in [4.69, 9.17) is 20.3 Å². The van der Waals surface area contributed by atoms with Gasteiger partial charge in [0.15, 0.2) is 5.65 Å². The van der Waals surface area contributed by atoms with E-state index in [1.807, 2.05) is 24.3 Å². The second kappa shape index (κ2) is 7.43. The predicted molar refractivity (Wildman–Crippen MR) is 106 cm³/mol. The molecule has 0 aliphatic carbocycles. The minimum Gasteiger partial charge on any atom is -0.480 e. The number of aromatic nitrogens is 4. The Morgan fingerprint density at radius 3 is 2.69 bits per heavy atom. The molecule has 2 heterocycles. The summed E-state index contributed by atoms with van der Waals surface area (Å²) in [5, 5.41) is 5.47. The summed E-state index contributed by atoms with van der Waals surface area (Å²) in [6.07, 6.45) is 1.48. The summed E-state index contributed by atoms with van der Waals surface area (Å²) in [6.45, 7) is 8.04. The van der Waals surface area contributed by atoms with Crippen LogP contribution in [-0.2, 0) is 11.5 Å². The highest BCUT2D eigenvalue weighted by Gasteiger charge is 2.19. The van der Waals surface area contributed by atoms with Crippen LogP contribution in [0.5, 0.6) is 5.88 Å². The normalized spacial score (nSPS) is 11.8. The lowest BCUT2D eigenvalue weighted by Gasteiger charge is -2.15. The molecule has 138 valence electrons. The van der Waals surface area contributed by atoms with Gasteiger partial charge >= 0.3 is 0 Å². The molecule has 2 N–H and O–H groups in total. The van der Waals surface area contributed by atoms with E-state index < -0.39 is 8.07 Å². The van der Waals surface area contributed by atoms with Gasteiger partial charge in [0, 0.05) is 25.9 Å². The standard InChI is InChI=1S/C18H25N5O2Si/c1-24-18-15-16(13-6-5-7-14(19)10-13)22-23(17(15)20-11-21-18)12-25-8-9-26(2,3)4/h5-7,10-11H,8-9,12,19H2,1-4H3. The molecule has 3 aromatic rings. The Hall–Kier alpha value is -2.45. The smallest absolute Gasteiger partial charge is 0.228 e. The van der Waals surface area contributed by atoms with Crippen LogP contribution in [0.1, 0.15) is 0 Å². The van der Waals surface area contributed by atoms with E-state index in [0.717, 1.165) is 22.7 Å². The number of nitrogens with zero attached hydrogens (tertiary/aromatic N) is 4. The van der Waals surface area contributed by atoms with E-state index in [0.29, 0.717) is 30.6 Å². The fourth-order valence-corrected chi connectivity index (χ4v) is 3.40. The molecule has 8 heteroatoms. The van der Waals surface area contributed by atoms with E-state index >= 15 is 0 Å². The van der Waals surface area contributed by atoms with Crippen LogP contribution in [0.4, 0.5) is 5.69 Å². The number of anilines is 1. The third kappa shape index (κ3) is 4.02. The van der Waals surface area contributed by atoms with E-state index in [-0.39, 0.29) is 0 Å². The molecule has 0 aliphatic heterocycles.